The Kier molecular flexibility index (Phi) is 11.4. The third-order valence-electron chi connectivity index (χ3n) is 6.39. The lowest BCUT2D eigenvalue weighted by Crippen LogP contribution is -2.54. The monoisotopic (exact) mass is 545 g/mol. The van der Waals surface area contributed by atoms with E-state index in [0.717, 1.165) is 17.5 Å². The van der Waals surface area contributed by atoms with Crippen molar-refractivity contribution in [1.29, 1.82) is 0 Å². The molecule has 1 aliphatic carbocycles. The topological polar surface area (TPSA) is 114 Å². The highest BCUT2D eigenvalue weighted by Gasteiger charge is 2.48. The number of hydrogen-bond donors (Lipinski definition) is 2. The van der Waals surface area contributed by atoms with Gasteiger partial charge in [-0.3, -0.25) is 14.4 Å². The fourth-order valence-corrected chi connectivity index (χ4v) is 4.72. The molecule has 0 radical (unpaired) electrons. The third kappa shape index (κ3) is 10.2. The Morgan fingerprint density at radius 1 is 1.08 bits per heavy atom. The van der Waals surface area contributed by atoms with E-state index in [1.807, 2.05) is 52.8 Å². The molecule has 0 saturated heterocycles. The maximum atomic E-state index is 14.3. The van der Waals surface area contributed by atoms with Gasteiger partial charge < -0.3 is 25.0 Å². The van der Waals surface area contributed by atoms with E-state index < -0.39 is 29.7 Å². The van der Waals surface area contributed by atoms with Gasteiger partial charge in [-0.1, -0.05) is 50.1 Å². The van der Waals surface area contributed by atoms with E-state index in [9.17, 15) is 19.2 Å². The highest BCUT2D eigenvalue weighted by atomic mass is 16.6. The molecule has 0 aliphatic heterocycles. The van der Waals surface area contributed by atoms with Crippen LogP contribution in [0.25, 0.3) is 0 Å². The van der Waals surface area contributed by atoms with Crippen LogP contribution in [0.3, 0.4) is 0 Å². The number of hydrogen-bond acceptors (Lipinski definition) is 6. The van der Waals surface area contributed by atoms with E-state index in [0.29, 0.717) is 12.0 Å². The molecule has 1 aromatic carbocycles. The van der Waals surface area contributed by atoms with Crippen molar-refractivity contribution in [1.82, 2.24) is 15.5 Å². The fraction of sp³-hybridized carbons (Fsp3) is 0.667. The second-order valence-electron chi connectivity index (χ2n) is 12.0. The third-order valence-corrected chi connectivity index (χ3v) is 6.39. The van der Waals surface area contributed by atoms with Gasteiger partial charge in [0.05, 0.1) is 13.0 Å². The number of benzene rings is 1. The van der Waals surface area contributed by atoms with Crippen LogP contribution in [0.5, 0.6) is 0 Å². The van der Waals surface area contributed by atoms with E-state index in [1.54, 1.807) is 32.6 Å². The number of carbonyl (C=O) groups is 4. The predicted octanol–water partition coefficient (Wildman–Crippen LogP) is 4.59. The lowest BCUT2D eigenvalue weighted by Gasteiger charge is -2.35. The summed E-state index contributed by atoms with van der Waals surface area (Å²) in [4.78, 5) is 54.3. The first-order valence-corrected chi connectivity index (χ1v) is 14.0. The van der Waals surface area contributed by atoms with E-state index in [2.05, 4.69) is 10.6 Å². The molecule has 9 heteroatoms. The highest BCUT2D eigenvalue weighted by molar-refractivity contribution is 5.92. The van der Waals surface area contributed by atoms with E-state index in [4.69, 9.17) is 9.47 Å². The molecule has 218 valence electrons. The number of rotatable bonds is 12. The molecule has 1 saturated carbocycles. The summed E-state index contributed by atoms with van der Waals surface area (Å²) in [5.41, 5.74) is 1.90. The minimum absolute atomic E-state index is 0.0309. The molecule has 9 nitrogen and oxygen atoms in total. The van der Waals surface area contributed by atoms with Crippen molar-refractivity contribution in [3.63, 3.8) is 0 Å². The first-order valence-electron chi connectivity index (χ1n) is 14.0. The standard InChI is InChI=1S/C30H47N3O6/c1-10-38-25(34)11-12-31-27(35)26(22-15-19(4)14-20(5)16-22)33(24-17-21(24)6)28(36)23(13-18(2)3)32-29(37)39-30(7,8)9/h14-16,18,21,23-24,26H,10-13,17H2,1-9H3,(H,31,35)(H,32,37). The van der Waals surface area contributed by atoms with Gasteiger partial charge in [0, 0.05) is 12.6 Å². The summed E-state index contributed by atoms with van der Waals surface area (Å²) in [5.74, 6) is -0.796. The number of ether oxygens (including phenoxy) is 2. The highest BCUT2D eigenvalue weighted by Crippen LogP contribution is 2.41. The van der Waals surface area contributed by atoms with Crippen LogP contribution >= 0.6 is 0 Å². The van der Waals surface area contributed by atoms with Crippen molar-refractivity contribution in [2.24, 2.45) is 11.8 Å². The fourth-order valence-electron chi connectivity index (χ4n) is 4.72. The number of carbonyl (C=O) groups excluding carboxylic acids is 4. The van der Waals surface area contributed by atoms with E-state index in [1.165, 1.54) is 0 Å². The maximum Gasteiger partial charge on any atom is 0.408 e. The van der Waals surface area contributed by atoms with E-state index >= 15 is 0 Å². The van der Waals surface area contributed by atoms with Gasteiger partial charge in [0.2, 0.25) is 11.8 Å². The van der Waals surface area contributed by atoms with Gasteiger partial charge in [-0.2, -0.15) is 0 Å². The van der Waals surface area contributed by atoms with Crippen molar-refractivity contribution in [3.8, 4) is 0 Å². The second-order valence-corrected chi connectivity index (χ2v) is 12.0. The molecule has 0 bridgehead atoms. The lowest BCUT2D eigenvalue weighted by atomic mass is 9.96. The van der Waals surface area contributed by atoms with Crippen molar-refractivity contribution >= 4 is 23.9 Å². The molecule has 1 fully saturated rings. The number of esters is 1. The Balaban J connectivity index is 2.47. The average molecular weight is 546 g/mol. The Morgan fingerprint density at radius 3 is 2.15 bits per heavy atom. The van der Waals surface area contributed by atoms with Crippen LogP contribution in [0.15, 0.2) is 18.2 Å². The molecule has 39 heavy (non-hydrogen) atoms. The Bertz CT molecular complexity index is 1010. The molecule has 2 N–H and O–H groups in total. The van der Waals surface area contributed by atoms with Crippen LogP contribution in [0.1, 0.15) is 90.5 Å². The second kappa shape index (κ2) is 13.8. The first-order chi connectivity index (χ1) is 18.1. The van der Waals surface area contributed by atoms with Gasteiger partial charge >= 0.3 is 12.1 Å². The molecule has 0 aromatic heterocycles. The SMILES string of the molecule is CCOC(=O)CCNC(=O)C(c1cc(C)cc(C)c1)N(C(=O)C(CC(C)C)NC(=O)OC(C)(C)C)C1CC1C. The van der Waals surface area contributed by atoms with Crippen LogP contribution < -0.4 is 10.6 Å². The molecular weight excluding hydrogens is 498 g/mol. The van der Waals surface area contributed by atoms with Gasteiger partial charge in [0.25, 0.3) is 0 Å². The van der Waals surface area contributed by atoms with Crippen LogP contribution in [-0.2, 0) is 23.9 Å². The largest absolute Gasteiger partial charge is 0.466 e. The molecule has 3 amide bonds. The van der Waals surface area contributed by atoms with Crippen LogP contribution in [0.4, 0.5) is 4.79 Å². The zero-order valence-corrected chi connectivity index (χ0v) is 25.1. The Hall–Kier alpha value is -3.10. The molecule has 0 heterocycles. The first kappa shape index (κ1) is 32.1. The molecule has 0 spiro atoms. The normalized spacial score (nSPS) is 18.1. The molecule has 1 aromatic rings. The average Bonchev–Trinajstić information content (AvgIpc) is 3.49. The zero-order valence-electron chi connectivity index (χ0n) is 25.1. The van der Waals surface area contributed by atoms with Crippen molar-refractivity contribution in [2.75, 3.05) is 13.2 Å². The van der Waals surface area contributed by atoms with Crippen LogP contribution in [0, 0.1) is 25.7 Å². The summed E-state index contributed by atoms with van der Waals surface area (Å²) in [5, 5.41) is 5.63. The van der Waals surface area contributed by atoms with Gasteiger partial charge in [0.1, 0.15) is 17.7 Å². The summed E-state index contributed by atoms with van der Waals surface area (Å²) >= 11 is 0. The minimum Gasteiger partial charge on any atom is -0.466 e. The Morgan fingerprint density at radius 2 is 1.67 bits per heavy atom. The maximum absolute atomic E-state index is 14.3. The van der Waals surface area contributed by atoms with Crippen molar-refractivity contribution in [3.05, 3.63) is 34.9 Å². The molecule has 1 aliphatic rings. The quantitative estimate of drug-likeness (QED) is 0.372. The van der Waals surface area contributed by atoms with Gasteiger partial charge in [-0.05, 0) is 71.8 Å². The summed E-state index contributed by atoms with van der Waals surface area (Å²) < 4.78 is 10.4. The minimum atomic E-state index is -0.927. The Labute approximate surface area is 233 Å². The smallest absolute Gasteiger partial charge is 0.408 e. The molecule has 4 atom stereocenters. The molecule has 2 rings (SSSR count). The van der Waals surface area contributed by atoms with Crippen molar-refractivity contribution < 1.29 is 28.7 Å². The summed E-state index contributed by atoms with van der Waals surface area (Å²) in [6.07, 6.45) is 0.499. The number of nitrogens with zero attached hydrogens (tertiary/aromatic N) is 1. The van der Waals surface area contributed by atoms with E-state index in [-0.39, 0.29) is 49.3 Å². The zero-order chi connectivity index (χ0) is 29.5. The predicted molar refractivity (Wildman–Crippen MR) is 150 cm³/mol. The lowest BCUT2D eigenvalue weighted by molar-refractivity contribution is -0.145. The summed E-state index contributed by atoms with van der Waals surface area (Å²) in [6.45, 7) is 17.3. The van der Waals surface area contributed by atoms with Crippen LogP contribution in [0.2, 0.25) is 0 Å². The number of aryl methyl sites for hydroxylation is 2. The molecule has 4 unspecified atom stereocenters. The summed E-state index contributed by atoms with van der Waals surface area (Å²) in [7, 11) is 0. The summed E-state index contributed by atoms with van der Waals surface area (Å²) in [6, 6.07) is 3.88. The molecular formula is C30H47N3O6. The number of amides is 3. The van der Waals surface area contributed by atoms with Gasteiger partial charge in [-0.15, -0.1) is 0 Å². The van der Waals surface area contributed by atoms with Gasteiger partial charge in [0.15, 0.2) is 0 Å². The van der Waals surface area contributed by atoms with Gasteiger partial charge in [-0.25, -0.2) is 4.79 Å². The van der Waals surface area contributed by atoms with Crippen molar-refractivity contribution in [2.45, 2.75) is 105 Å². The number of nitrogens with one attached hydrogen (secondary N) is 2. The van der Waals surface area contributed by atoms with Crippen LogP contribution in [-0.4, -0.2) is 59.6 Å². The number of alkyl carbamates (subject to hydrolysis) is 1.